The first-order valence-electron chi connectivity index (χ1n) is 12.4. The van der Waals surface area contributed by atoms with Gasteiger partial charge in [-0.05, 0) is 79.4 Å². The Hall–Kier alpha value is -1.05. The molecule has 0 amide bonds. The van der Waals surface area contributed by atoms with Gasteiger partial charge in [0, 0.05) is 6.42 Å². The van der Waals surface area contributed by atoms with Gasteiger partial charge in [-0.15, -0.1) is 0 Å². The highest BCUT2D eigenvalue weighted by Gasteiger charge is 2.56. The Morgan fingerprint density at radius 1 is 1.07 bits per heavy atom. The van der Waals surface area contributed by atoms with Crippen LogP contribution in [0.2, 0.25) is 0 Å². The highest BCUT2D eigenvalue weighted by molar-refractivity contribution is 5.41. The lowest BCUT2D eigenvalue weighted by Crippen LogP contribution is -2.46. The van der Waals surface area contributed by atoms with E-state index >= 15 is 0 Å². The Kier molecular flexibility index (Phi) is 6.02. The maximum atomic E-state index is 10.8. The number of hydrogen-bond acceptors (Lipinski definition) is 2. The molecule has 3 fully saturated rings. The third-order valence-corrected chi connectivity index (χ3v) is 9.55. The van der Waals surface area contributed by atoms with Crippen LogP contribution in [0, 0.1) is 34.5 Å². The predicted octanol–water partition coefficient (Wildman–Crippen LogP) is 7.24. The smallest absolute Gasteiger partial charge is 0.293 e. The van der Waals surface area contributed by atoms with E-state index in [1.54, 1.807) is 5.57 Å². The molecule has 2 nitrogen and oxygen atoms in total. The van der Waals surface area contributed by atoms with Crippen LogP contribution in [-0.2, 0) is 9.53 Å². The normalized spacial score (nSPS) is 41.1. The van der Waals surface area contributed by atoms with Gasteiger partial charge in [0.1, 0.15) is 6.10 Å². The van der Waals surface area contributed by atoms with Crippen LogP contribution in [0.3, 0.4) is 0 Å². The van der Waals surface area contributed by atoms with Crippen LogP contribution in [-0.4, -0.2) is 12.6 Å². The van der Waals surface area contributed by atoms with Crippen LogP contribution in [0.1, 0.15) is 98.3 Å². The molecule has 0 aromatic carbocycles. The summed E-state index contributed by atoms with van der Waals surface area (Å²) < 4.78 is 5.33. The molecule has 2 heteroatoms. The van der Waals surface area contributed by atoms with Gasteiger partial charge >= 0.3 is 0 Å². The Labute approximate surface area is 178 Å². The molecule has 0 aromatic heterocycles. The van der Waals surface area contributed by atoms with E-state index in [0.717, 1.165) is 36.5 Å². The standard InChI is InChI=1S/C27H42O2/c1-19(2)7-5-6-8-20-10-12-24-23-11-9-21-17-22(29-18-28)13-15-27(21,4)25(23)14-16-26(20,24)3/h9,11,18-20,22,24-25H,5-8,10,12-17H2,1-4H3. The van der Waals surface area contributed by atoms with Crippen molar-refractivity contribution in [2.24, 2.45) is 34.5 Å². The molecular weight excluding hydrogens is 356 g/mol. The average molecular weight is 399 g/mol. The first-order chi connectivity index (χ1) is 13.9. The monoisotopic (exact) mass is 398 g/mol. The summed E-state index contributed by atoms with van der Waals surface area (Å²) in [5.74, 6) is 3.29. The van der Waals surface area contributed by atoms with Crippen LogP contribution in [0.4, 0.5) is 0 Å². The number of allylic oxidation sites excluding steroid dienone is 3. The molecule has 4 aliphatic rings. The van der Waals surface area contributed by atoms with E-state index < -0.39 is 0 Å². The van der Waals surface area contributed by atoms with Crippen molar-refractivity contribution in [3.05, 3.63) is 23.3 Å². The van der Waals surface area contributed by atoms with E-state index in [1.807, 2.05) is 0 Å². The molecule has 3 saturated carbocycles. The van der Waals surface area contributed by atoms with Crippen LogP contribution < -0.4 is 0 Å². The van der Waals surface area contributed by atoms with Gasteiger partial charge < -0.3 is 4.74 Å². The van der Waals surface area contributed by atoms with Crippen molar-refractivity contribution in [2.75, 3.05) is 0 Å². The van der Waals surface area contributed by atoms with E-state index in [0.29, 0.717) is 17.3 Å². The van der Waals surface area contributed by atoms with Crippen molar-refractivity contribution in [3.63, 3.8) is 0 Å². The van der Waals surface area contributed by atoms with E-state index in [9.17, 15) is 4.79 Å². The number of fused-ring (bicyclic) bond motifs is 5. The molecule has 6 atom stereocenters. The molecule has 162 valence electrons. The second-order valence-electron chi connectivity index (χ2n) is 11.5. The van der Waals surface area contributed by atoms with Gasteiger partial charge in [0.15, 0.2) is 0 Å². The Morgan fingerprint density at radius 3 is 2.66 bits per heavy atom. The van der Waals surface area contributed by atoms with Crippen LogP contribution in [0.25, 0.3) is 0 Å². The highest BCUT2D eigenvalue weighted by atomic mass is 16.5. The molecule has 6 unspecified atom stereocenters. The fourth-order valence-electron chi connectivity index (χ4n) is 7.69. The molecule has 4 rings (SSSR count). The van der Waals surface area contributed by atoms with Crippen LogP contribution >= 0.6 is 0 Å². The fourth-order valence-corrected chi connectivity index (χ4v) is 7.69. The third-order valence-electron chi connectivity index (χ3n) is 9.55. The SMILES string of the molecule is CC(C)CCCCC1CCC2C3=CC=C4CC(OC=O)CCC4(C)C3CCC12C. The van der Waals surface area contributed by atoms with Crippen molar-refractivity contribution in [1.82, 2.24) is 0 Å². The summed E-state index contributed by atoms with van der Waals surface area (Å²) in [4.78, 5) is 10.8. The third kappa shape index (κ3) is 3.74. The lowest BCUT2D eigenvalue weighted by molar-refractivity contribution is -0.135. The summed E-state index contributed by atoms with van der Waals surface area (Å²) in [5, 5.41) is 0. The van der Waals surface area contributed by atoms with Gasteiger partial charge in [-0.3, -0.25) is 4.79 Å². The highest BCUT2D eigenvalue weighted by Crippen LogP contribution is 2.65. The van der Waals surface area contributed by atoms with Crippen LogP contribution in [0.5, 0.6) is 0 Å². The molecule has 0 N–H and O–H groups in total. The molecular formula is C27H42O2. The summed E-state index contributed by atoms with van der Waals surface area (Å²) >= 11 is 0. The number of ether oxygens (including phenoxy) is 1. The zero-order valence-corrected chi connectivity index (χ0v) is 19.2. The molecule has 4 aliphatic carbocycles. The molecule has 0 aromatic rings. The summed E-state index contributed by atoms with van der Waals surface area (Å²) in [6.45, 7) is 10.5. The maximum absolute atomic E-state index is 10.8. The average Bonchev–Trinajstić information content (AvgIpc) is 3.02. The van der Waals surface area contributed by atoms with Gasteiger partial charge in [-0.1, -0.05) is 70.3 Å². The fraction of sp³-hybridized carbons (Fsp3) is 0.815. The van der Waals surface area contributed by atoms with E-state index in [-0.39, 0.29) is 6.10 Å². The topological polar surface area (TPSA) is 26.3 Å². The molecule has 0 radical (unpaired) electrons. The molecule has 29 heavy (non-hydrogen) atoms. The second-order valence-corrected chi connectivity index (χ2v) is 11.5. The van der Waals surface area contributed by atoms with Crippen molar-refractivity contribution in [1.29, 1.82) is 0 Å². The lowest BCUT2D eigenvalue weighted by atomic mass is 9.50. The first-order valence-corrected chi connectivity index (χ1v) is 12.4. The maximum Gasteiger partial charge on any atom is 0.293 e. The van der Waals surface area contributed by atoms with Gasteiger partial charge in [0.25, 0.3) is 6.47 Å². The second kappa shape index (κ2) is 8.23. The summed E-state index contributed by atoms with van der Waals surface area (Å²) in [5.41, 5.74) is 4.14. The first kappa shape index (κ1) is 21.2. The Morgan fingerprint density at radius 2 is 1.90 bits per heavy atom. The lowest BCUT2D eigenvalue weighted by Gasteiger charge is -2.55. The van der Waals surface area contributed by atoms with E-state index in [1.165, 1.54) is 63.4 Å². The van der Waals surface area contributed by atoms with Crippen molar-refractivity contribution in [2.45, 2.75) is 104 Å². The predicted molar refractivity (Wildman–Crippen MR) is 119 cm³/mol. The summed E-state index contributed by atoms with van der Waals surface area (Å²) in [7, 11) is 0. The van der Waals surface area contributed by atoms with E-state index in [2.05, 4.69) is 39.8 Å². The number of hydrogen-bond donors (Lipinski definition) is 0. The minimum Gasteiger partial charge on any atom is -0.464 e. The van der Waals surface area contributed by atoms with Gasteiger partial charge in [0.05, 0.1) is 0 Å². The number of rotatable bonds is 7. The van der Waals surface area contributed by atoms with Crippen molar-refractivity contribution < 1.29 is 9.53 Å². The summed E-state index contributed by atoms with van der Waals surface area (Å²) in [6, 6.07) is 0. The molecule has 0 saturated heterocycles. The van der Waals surface area contributed by atoms with Gasteiger partial charge in [0.2, 0.25) is 0 Å². The minimum absolute atomic E-state index is 0.0948. The van der Waals surface area contributed by atoms with Gasteiger partial charge in [-0.2, -0.15) is 0 Å². The molecule has 0 bridgehead atoms. The van der Waals surface area contributed by atoms with Crippen LogP contribution in [0.15, 0.2) is 23.3 Å². The van der Waals surface area contributed by atoms with Gasteiger partial charge in [-0.25, -0.2) is 0 Å². The molecule has 0 heterocycles. The zero-order valence-electron chi connectivity index (χ0n) is 19.2. The van der Waals surface area contributed by atoms with Crippen molar-refractivity contribution >= 4 is 6.47 Å². The number of unbranched alkanes of at least 4 members (excludes halogenated alkanes) is 1. The Balaban J connectivity index is 1.48. The Bertz CT molecular complexity index is 674. The van der Waals surface area contributed by atoms with Crippen molar-refractivity contribution in [3.8, 4) is 0 Å². The minimum atomic E-state index is 0.0948. The molecule has 0 aliphatic heterocycles. The number of carbonyl (C=O) groups is 1. The number of carbonyl (C=O) groups excluding carboxylic acids is 1. The van der Waals surface area contributed by atoms with E-state index in [4.69, 9.17) is 4.74 Å². The molecule has 0 spiro atoms. The quantitative estimate of drug-likeness (QED) is 0.333. The largest absolute Gasteiger partial charge is 0.464 e. The zero-order chi connectivity index (χ0) is 20.6. The summed E-state index contributed by atoms with van der Waals surface area (Å²) in [6.07, 6.45) is 19.4.